The summed E-state index contributed by atoms with van der Waals surface area (Å²) in [5, 5.41) is 0.839. The lowest BCUT2D eigenvalue weighted by Crippen LogP contribution is -1.94. The van der Waals surface area contributed by atoms with Crippen molar-refractivity contribution in [2.24, 2.45) is 0 Å². The lowest BCUT2D eigenvalue weighted by molar-refractivity contribution is 0.340. The molecule has 0 aliphatic heterocycles. The van der Waals surface area contributed by atoms with Crippen LogP contribution in [-0.4, -0.2) is 6.61 Å². The van der Waals surface area contributed by atoms with Crippen LogP contribution in [0.4, 0.5) is 0 Å². The van der Waals surface area contributed by atoms with Gasteiger partial charge >= 0.3 is 0 Å². The molecule has 0 spiro atoms. The Hall–Kier alpha value is -1.47. The first-order chi connectivity index (χ1) is 9.22. The van der Waals surface area contributed by atoms with E-state index in [4.69, 9.17) is 16.3 Å². The molecule has 0 N–H and O–H groups in total. The summed E-state index contributed by atoms with van der Waals surface area (Å²) in [6.45, 7) is 4.84. The van der Waals surface area contributed by atoms with Crippen LogP contribution in [0.2, 0.25) is 5.02 Å². The molecule has 0 aromatic heterocycles. The zero-order valence-corrected chi connectivity index (χ0v) is 12.2. The van der Waals surface area contributed by atoms with Crippen molar-refractivity contribution in [1.82, 2.24) is 0 Å². The highest BCUT2D eigenvalue weighted by molar-refractivity contribution is 6.31. The zero-order valence-electron chi connectivity index (χ0n) is 11.4. The normalized spacial score (nSPS) is 10.5. The topological polar surface area (TPSA) is 9.23 Å². The molecule has 2 aromatic rings. The summed E-state index contributed by atoms with van der Waals surface area (Å²) < 4.78 is 5.45. The molecule has 0 atom stereocenters. The second-order valence-electron chi connectivity index (χ2n) is 4.53. The van der Waals surface area contributed by atoms with E-state index >= 15 is 0 Å². The predicted octanol–water partition coefficient (Wildman–Crippen LogP) is 4.89. The number of ether oxygens (including phenoxy) is 1. The van der Waals surface area contributed by atoms with E-state index in [1.165, 1.54) is 16.7 Å². The second-order valence-corrected chi connectivity index (χ2v) is 4.94. The quantitative estimate of drug-likeness (QED) is 0.754. The molecule has 0 aliphatic rings. The Bertz CT molecular complexity index is 531. The molecule has 19 heavy (non-hydrogen) atoms. The maximum absolute atomic E-state index is 6.26. The van der Waals surface area contributed by atoms with Crippen LogP contribution < -0.4 is 4.74 Å². The van der Waals surface area contributed by atoms with E-state index in [-0.39, 0.29) is 0 Å². The van der Waals surface area contributed by atoms with Crippen molar-refractivity contribution in [3.05, 3.63) is 64.2 Å². The fraction of sp³-hybridized carbons (Fsp3) is 0.294. The summed E-state index contributed by atoms with van der Waals surface area (Å²) >= 11 is 6.26. The van der Waals surface area contributed by atoms with Gasteiger partial charge in [0.2, 0.25) is 0 Å². The van der Waals surface area contributed by atoms with Crippen molar-refractivity contribution in [3.63, 3.8) is 0 Å². The molecule has 100 valence electrons. The maximum atomic E-state index is 6.26. The van der Waals surface area contributed by atoms with Crippen LogP contribution in [0.5, 0.6) is 5.75 Å². The van der Waals surface area contributed by atoms with Gasteiger partial charge in [-0.15, -0.1) is 0 Å². The van der Waals surface area contributed by atoms with Gasteiger partial charge in [-0.25, -0.2) is 0 Å². The van der Waals surface area contributed by atoms with Crippen molar-refractivity contribution in [2.45, 2.75) is 26.7 Å². The van der Waals surface area contributed by atoms with E-state index in [1.54, 1.807) is 0 Å². The summed E-state index contributed by atoms with van der Waals surface area (Å²) in [5.74, 6) is 0.916. The molecule has 0 heterocycles. The van der Waals surface area contributed by atoms with E-state index in [2.05, 4.69) is 31.2 Å². The van der Waals surface area contributed by atoms with Crippen LogP contribution in [0.1, 0.15) is 30.5 Å². The van der Waals surface area contributed by atoms with E-state index in [0.29, 0.717) is 6.61 Å². The molecule has 0 aliphatic carbocycles. The van der Waals surface area contributed by atoms with E-state index in [0.717, 1.165) is 23.6 Å². The Morgan fingerprint density at radius 3 is 2.26 bits per heavy atom. The third-order valence-corrected chi connectivity index (χ3v) is 3.52. The van der Waals surface area contributed by atoms with Crippen LogP contribution in [0.3, 0.4) is 0 Å². The summed E-state index contributed by atoms with van der Waals surface area (Å²) in [4.78, 5) is 0. The van der Waals surface area contributed by atoms with E-state index < -0.39 is 0 Å². The van der Waals surface area contributed by atoms with Gasteiger partial charge in [0.1, 0.15) is 5.75 Å². The molecule has 2 heteroatoms. The third-order valence-electron chi connectivity index (χ3n) is 3.15. The predicted molar refractivity (Wildman–Crippen MR) is 81.2 cm³/mol. The zero-order chi connectivity index (χ0) is 13.7. The largest absolute Gasteiger partial charge is 0.494 e. The summed E-state index contributed by atoms with van der Waals surface area (Å²) in [6, 6.07) is 14.5. The van der Waals surface area contributed by atoms with Crippen molar-refractivity contribution < 1.29 is 4.74 Å². The molecule has 0 bridgehead atoms. The van der Waals surface area contributed by atoms with Gasteiger partial charge in [-0.2, -0.15) is 0 Å². The smallest absolute Gasteiger partial charge is 0.119 e. The third kappa shape index (κ3) is 3.74. The van der Waals surface area contributed by atoms with Gasteiger partial charge in [-0.3, -0.25) is 0 Å². The van der Waals surface area contributed by atoms with Crippen molar-refractivity contribution in [2.75, 3.05) is 6.61 Å². The molecule has 0 saturated carbocycles. The molecule has 0 amide bonds. The van der Waals surface area contributed by atoms with Crippen molar-refractivity contribution in [1.29, 1.82) is 0 Å². The Morgan fingerprint density at radius 1 is 0.947 bits per heavy atom. The number of hydrogen-bond acceptors (Lipinski definition) is 1. The first-order valence-corrected chi connectivity index (χ1v) is 7.09. The molecule has 0 radical (unpaired) electrons. The van der Waals surface area contributed by atoms with Gasteiger partial charge in [-0.1, -0.05) is 42.8 Å². The minimum Gasteiger partial charge on any atom is -0.494 e. The van der Waals surface area contributed by atoms with E-state index in [1.807, 2.05) is 25.1 Å². The van der Waals surface area contributed by atoms with E-state index in [9.17, 15) is 0 Å². The first-order valence-electron chi connectivity index (χ1n) is 6.72. The monoisotopic (exact) mass is 274 g/mol. The molecule has 1 nitrogen and oxygen atoms in total. The minimum atomic E-state index is 0.698. The highest BCUT2D eigenvalue weighted by Gasteiger charge is 2.03. The Labute approximate surface area is 120 Å². The van der Waals surface area contributed by atoms with Crippen molar-refractivity contribution in [3.8, 4) is 5.75 Å². The summed E-state index contributed by atoms with van der Waals surface area (Å²) in [7, 11) is 0. The van der Waals surface area contributed by atoms with Gasteiger partial charge < -0.3 is 4.74 Å². The minimum absolute atomic E-state index is 0.698. The highest BCUT2D eigenvalue weighted by atomic mass is 35.5. The standard InChI is InChI=1S/C17H19ClO/c1-3-13-7-10-17(18)15(11-13)12-14-5-8-16(9-6-14)19-4-2/h5-11H,3-4,12H2,1-2H3. The number of rotatable bonds is 5. The lowest BCUT2D eigenvalue weighted by Gasteiger charge is -2.08. The van der Waals surface area contributed by atoms with Crippen LogP contribution in [-0.2, 0) is 12.8 Å². The maximum Gasteiger partial charge on any atom is 0.119 e. The number of halogens is 1. The van der Waals surface area contributed by atoms with Gasteiger partial charge in [0, 0.05) is 5.02 Å². The molecule has 0 saturated heterocycles. The number of benzene rings is 2. The molecular formula is C17H19ClO. The highest BCUT2D eigenvalue weighted by Crippen LogP contribution is 2.22. The molecule has 0 unspecified atom stereocenters. The summed E-state index contributed by atoms with van der Waals surface area (Å²) in [6.07, 6.45) is 1.90. The van der Waals surface area contributed by atoms with Gasteiger partial charge in [0.25, 0.3) is 0 Å². The van der Waals surface area contributed by atoms with Gasteiger partial charge in [-0.05, 0) is 54.7 Å². The lowest BCUT2D eigenvalue weighted by atomic mass is 10.0. The Balaban J connectivity index is 2.16. The van der Waals surface area contributed by atoms with Crippen LogP contribution >= 0.6 is 11.6 Å². The second kappa shape index (κ2) is 6.63. The molecular weight excluding hydrogens is 256 g/mol. The van der Waals surface area contributed by atoms with Crippen molar-refractivity contribution >= 4 is 11.6 Å². The molecule has 2 rings (SSSR count). The van der Waals surface area contributed by atoms with Gasteiger partial charge in [0.05, 0.1) is 6.61 Å². The average Bonchev–Trinajstić information content (AvgIpc) is 2.44. The average molecular weight is 275 g/mol. The molecule has 0 fully saturated rings. The molecule has 2 aromatic carbocycles. The number of hydrogen-bond donors (Lipinski definition) is 0. The van der Waals surface area contributed by atoms with Crippen LogP contribution in [0.25, 0.3) is 0 Å². The fourth-order valence-corrected chi connectivity index (χ4v) is 2.26. The fourth-order valence-electron chi connectivity index (χ4n) is 2.07. The van der Waals surface area contributed by atoms with Gasteiger partial charge in [0.15, 0.2) is 0 Å². The first kappa shape index (κ1) is 14.0. The van der Waals surface area contributed by atoms with Crippen LogP contribution in [0.15, 0.2) is 42.5 Å². The number of aryl methyl sites for hydroxylation is 1. The Morgan fingerprint density at radius 2 is 1.63 bits per heavy atom. The summed E-state index contributed by atoms with van der Waals surface area (Å²) in [5.41, 5.74) is 3.76. The Kier molecular flexibility index (Phi) is 4.86. The van der Waals surface area contributed by atoms with Crippen LogP contribution in [0, 0.1) is 0 Å². The SMILES string of the molecule is CCOc1ccc(Cc2cc(CC)ccc2Cl)cc1.